The molecule has 0 radical (unpaired) electrons. The smallest absolute Gasteiger partial charge is 0.352 e. The van der Waals surface area contributed by atoms with Crippen LogP contribution in [-0.2, 0) is 33.3 Å². The Morgan fingerprint density at radius 1 is 1.03 bits per heavy atom. The monoisotopic (exact) mass is 440 g/mol. The van der Waals surface area contributed by atoms with E-state index in [1.807, 2.05) is 0 Å². The first-order valence-electron chi connectivity index (χ1n) is 9.78. The average molecular weight is 440 g/mol. The van der Waals surface area contributed by atoms with Crippen molar-refractivity contribution in [3.05, 3.63) is 21.0 Å². The number of hydrogen-bond acceptors (Lipinski definition) is 11. The number of carbonyl (C=O) groups excluding carboxylic acids is 3. The molecule has 2 aliphatic heterocycles. The summed E-state index contributed by atoms with van der Waals surface area (Å²) in [6, 6.07) is 0. The summed E-state index contributed by atoms with van der Waals surface area (Å²) in [4.78, 5) is 67.1. The molecular weight excluding hydrogens is 416 g/mol. The van der Waals surface area contributed by atoms with Crippen LogP contribution < -0.4 is 16.3 Å². The quantitative estimate of drug-likeness (QED) is 0.420. The van der Waals surface area contributed by atoms with Crippen LogP contribution in [0.4, 0.5) is 5.95 Å². The Morgan fingerprint density at radius 3 is 2.23 bits per heavy atom. The summed E-state index contributed by atoms with van der Waals surface area (Å²) in [6.07, 6.45) is -3.07. The number of hydrogen-bond donors (Lipinski definition) is 1. The van der Waals surface area contributed by atoms with E-state index in [1.54, 1.807) is 4.90 Å². The molecule has 0 saturated carbocycles. The molecule has 2 saturated heterocycles. The van der Waals surface area contributed by atoms with Gasteiger partial charge in [0.25, 0.3) is 0 Å². The molecule has 4 atom stereocenters. The normalized spacial score (nSPS) is 25.3. The highest BCUT2D eigenvalue weighted by molar-refractivity contribution is 5.68. The second kappa shape index (κ2) is 9.29. The fourth-order valence-corrected chi connectivity index (χ4v) is 3.69. The zero-order valence-corrected chi connectivity index (χ0v) is 17.4. The van der Waals surface area contributed by atoms with Crippen LogP contribution >= 0.6 is 0 Å². The maximum absolute atomic E-state index is 12.8. The summed E-state index contributed by atoms with van der Waals surface area (Å²) in [5.41, 5.74) is -1.67. The number of H-pyrrole nitrogens is 1. The molecule has 13 nitrogen and oxygen atoms in total. The SMILES string of the molecule is CC(=O)OC[C@H]1O[C@@H](n2c(N3CCCC3)nc(=O)[nH]c2=O)[C@H](OC(C)=O)[C@@H]1OC(C)=O. The number of ether oxygens (including phenoxy) is 4. The second-order valence-corrected chi connectivity index (χ2v) is 7.23. The maximum atomic E-state index is 12.8. The summed E-state index contributed by atoms with van der Waals surface area (Å²) >= 11 is 0. The third-order valence-corrected chi connectivity index (χ3v) is 4.83. The van der Waals surface area contributed by atoms with Crippen molar-refractivity contribution in [2.45, 2.75) is 58.2 Å². The first kappa shape index (κ1) is 22.5. The zero-order valence-electron chi connectivity index (χ0n) is 17.4. The lowest BCUT2D eigenvalue weighted by Crippen LogP contribution is -2.45. The molecule has 0 aliphatic carbocycles. The van der Waals surface area contributed by atoms with Gasteiger partial charge in [-0.1, -0.05) is 0 Å². The number of anilines is 1. The number of esters is 3. The van der Waals surface area contributed by atoms with E-state index in [1.165, 1.54) is 6.92 Å². The largest absolute Gasteiger partial charge is 0.463 e. The van der Waals surface area contributed by atoms with Gasteiger partial charge in [0.15, 0.2) is 18.4 Å². The van der Waals surface area contributed by atoms with Gasteiger partial charge < -0.3 is 23.8 Å². The van der Waals surface area contributed by atoms with Gasteiger partial charge in [0.2, 0.25) is 5.95 Å². The third-order valence-electron chi connectivity index (χ3n) is 4.83. The number of nitrogens with zero attached hydrogens (tertiary/aromatic N) is 3. The van der Waals surface area contributed by atoms with E-state index in [0.717, 1.165) is 31.3 Å². The first-order chi connectivity index (χ1) is 14.7. The van der Waals surface area contributed by atoms with E-state index in [0.29, 0.717) is 13.1 Å². The molecule has 31 heavy (non-hydrogen) atoms. The van der Waals surface area contributed by atoms with Gasteiger partial charge in [-0.3, -0.25) is 19.4 Å². The molecule has 3 rings (SSSR count). The lowest BCUT2D eigenvalue weighted by molar-refractivity contribution is -0.166. The van der Waals surface area contributed by atoms with Gasteiger partial charge in [0, 0.05) is 33.9 Å². The van der Waals surface area contributed by atoms with E-state index in [4.69, 9.17) is 18.9 Å². The third kappa shape index (κ3) is 5.10. The molecule has 170 valence electrons. The van der Waals surface area contributed by atoms with Gasteiger partial charge in [-0.15, -0.1) is 0 Å². The standard InChI is InChI=1S/C18H24N4O9/c1-9(23)28-8-12-13(29-10(2)24)14(30-11(3)25)15(31-12)22-17(21-6-4-5-7-21)19-16(26)20-18(22)27/h12-15H,4-8H2,1-3H3,(H,20,26,27)/t12-,13-,14-,15-/m1/s1. The fraction of sp³-hybridized carbons (Fsp3) is 0.667. The highest BCUT2D eigenvalue weighted by Crippen LogP contribution is 2.35. The van der Waals surface area contributed by atoms with Crippen molar-refractivity contribution < 1.29 is 33.3 Å². The molecular formula is C18H24N4O9. The van der Waals surface area contributed by atoms with Crippen molar-refractivity contribution in [3.8, 4) is 0 Å². The van der Waals surface area contributed by atoms with Crippen molar-refractivity contribution in [3.63, 3.8) is 0 Å². The second-order valence-electron chi connectivity index (χ2n) is 7.23. The Balaban J connectivity index is 2.08. The van der Waals surface area contributed by atoms with Crippen LogP contribution in [0.1, 0.15) is 39.8 Å². The van der Waals surface area contributed by atoms with Crippen LogP contribution in [0.3, 0.4) is 0 Å². The molecule has 1 aromatic heterocycles. The van der Waals surface area contributed by atoms with Gasteiger partial charge in [0.1, 0.15) is 12.7 Å². The number of carbonyl (C=O) groups is 3. The van der Waals surface area contributed by atoms with Crippen LogP contribution in [0.25, 0.3) is 0 Å². The van der Waals surface area contributed by atoms with Crippen molar-refractivity contribution in [2.75, 3.05) is 24.6 Å². The van der Waals surface area contributed by atoms with E-state index in [2.05, 4.69) is 9.97 Å². The Bertz CT molecular complexity index is 966. The molecule has 3 heterocycles. The van der Waals surface area contributed by atoms with Crippen LogP contribution in [0.2, 0.25) is 0 Å². The topological polar surface area (TPSA) is 159 Å². The van der Waals surface area contributed by atoms with Gasteiger partial charge in [-0.25, -0.2) is 14.2 Å². The van der Waals surface area contributed by atoms with Gasteiger partial charge in [-0.2, -0.15) is 4.98 Å². The van der Waals surface area contributed by atoms with Gasteiger partial charge in [-0.05, 0) is 12.8 Å². The summed E-state index contributed by atoms with van der Waals surface area (Å²) in [6.45, 7) is 4.31. The predicted molar refractivity (Wildman–Crippen MR) is 102 cm³/mol. The van der Waals surface area contributed by atoms with Crippen LogP contribution in [0.5, 0.6) is 0 Å². The number of aromatic nitrogens is 3. The minimum Gasteiger partial charge on any atom is -0.463 e. The molecule has 0 bridgehead atoms. The number of aromatic amines is 1. The van der Waals surface area contributed by atoms with E-state index in [9.17, 15) is 24.0 Å². The van der Waals surface area contributed by atoms with Crippen molar-refractivity contribution in [1.82, 2.24) is 14.5 Å². The van der Waals surface area contributed by atoms with E-state index in [-0.39, 0.29) is 12.6 Å². The zero-order chi connectivity index (χ0) is 22.7. The van der Waals surface area contributed by atoms with Crippen molar-refractivity contribution in [2.24, 2.45) is 0 Å². The Kier molecular flexibility index (Phi) is 6.73. The Labute approximate surface area is 176 Å². The summed E-state index contributed by atoms with van der Waals surface area (Å²) < 4.78 is 22.6. The molecule has 2 fully saturated rings. The van der Waals surface area contributed by atoms with Crippen LogP contribution in [0, 0.1) is 0 Å². The highest BCUT2D eigenvalue weighted by Gasteiger charge is 2.52. The minimum absolute atomic E-state index is 0.0445. The molecule has 0 spiro atoms. The van der Waals surface area contributed by atoms with Gasteiger partial charge >= 0.3 is 29.3 Å². The molecule has 0 amide bonds. The first-order valence-corrected chi connectivity index (χ1v) is 9.78. The maximum Gasteiger partial charge on any atom is 0.352 e. The Morgan fingerprint density at radius 2 is 1.65 bits per heavy atom. The molecule has 13 heteroatoms. The molecule has 0 unspecified atom stereocenters. The van der Waals surface area contributed by atoms with E-state index >= 15 is 0 Å². The average Bonchev–Trinajstić information content (AvgIpc) is 3.29. The highest BCUT2D eigenvalue weighted by atomic mass is 16.7. The number of nitrogens with one attached hydrogen (secondary N) is 1. The predicted octanol–water partition coefficient (Wildman–Crippen LogP) is -1.14. The Hall–Kier alpha value is -3.22. The molecule has 2 aliphatic rings. The van der Waals surface area contributed by atoms with E-state index < -0.39 is 53.8 Å². The van der Waals surface area contributed by atoms with Crippen LogP contribution in [0.15, 0.2) is 9.59 Å². The van der Waals surface area contributed by atoms with Crippen LogP contribution in [-0.4, -0.2) is 70.5 Å². The summed E-state index contributed by atoms with van der Waals surface area (Å²) in [7, 11) is 0. The minimum atomic E-state index is -1.29. The van der Waals surface area contributed by atoms with Gasteiger partial charge in [0.05, 0.1) is 0 Å². The summed E-state index contributed by atoms with van der Waals surface area (Å²) in [5, 5.41) is 0. The molecule has 1 aromatic rings. The fourth-order valence-electron chi connectivity index (χ4n) is 3.69. The molecule has 1 N–H and O–H groups in total. The van der Waals surface area contributed by atoms with Crippen molar-refractivity contribution >= 4 is 23.9 Å². The van der Waals surface area contributed by atoms with Crippen molar-refractivity contribution in [1.29, 1.82) is 0 Å². The lowest BCUT2D eigenvalue weighted by Gasteiger charge is -2.27. The lowest BCUT2D eigenvalue weighted by atomic mass is 10.1. The number of rotatable bonds is 6. The summed E-state index contributed by atoms with van der Waals surface area (Å²) in [5.74, 6) is -1.95. The molecule has 0 aromatic carbocycles.